The summed E-state index contributed by atoms with van der Waals surface area (Å²) in [4.78, 5) is 25.8. The number of hydrogen-bond acceptors (Lipinski definition) is 6. The summed E-state index contributed by atoms with van der Waals surface area (Å²) in [5, 5.41) is 29.5. The molecule has 0 radical (unpaired) electrons. The van der Waals surface area contributed by atoms with Crippen LogP contribution < -0.4 is 10.3 Å². The molecule has 1 aromatic carbocycles. The van der Waals surface area contributed by atoms with Gasteiger partial charge < -0.3 is 14.9 Å². The first-order valence-corrected chi connectivity index (χ1v) is 11.6. The van der Waals surface area contributed by atoms with E-state index in [4.69, 9.17) is 4.74 Å². The summed E-state index contributed by atoms with van der Waals surface area (Å²) in [6.45, 7) is 4.43. The summed E-state index contributed by atoms with van der Waals surface area (Å²) in [5.74, 6) is 0. The third-order valence-electron chi connectivity index (χ3n) is 6.28. The Balaban J connectivity index is 1.52. The van der Waals surface area contributed by atoms with Crippen molar-refractivity contribution in [1.82, 2.24) is 19.6 Å². The molecule has 10 heteroatoms. The third kappa shape index (κ3) is 5.95. The summed E-state index contributed by atoms with van der Waals surface area (Å²) in [7, 11) is 1.80. The van der Waals surface area contributed by atoms with Crippen LogP contribution in [0.4, 0.5) is 10.5 Å². The fourth-order valence-corrected chi connectivity index (χ4v) is 4.59. The number of benzene rings is 1. The van der Waals surface area contributed by atoms with Crippen LogP contribution in [-0.2, 0) is 18.2 Å². The second-order valence-electron chi connectivity index (χ2n) is 9.73. The molecule has 1 saturated heterocycles. The zero-order chi connectivity index (χ0) is 25.2. The van der Waals surface area contributed by atoms with Crippen molar-refractivity contribution < 1.29 is 19.7 Å². The minimum Gasteiger partial charge on any atom is -0.465 e. The van der Waals surface area contributed by atoms with Gasteiger partial charge in [-0.3, -0.25) is 14.4 Å². The summed E-state index contributed by atoms with van der Waals surface area (Å²) in [6, 6.07) is 8.51. The van der Waals surface area contributed by atoms with E-state index < -0.39 is 17.3 Å². The fourth-order valence-electron chi connectivity index (χ4n) is 4.59. The lowest BCUT2D eigenvalue weighted by Crippen LogP contribution is -2.48. The fraction of sp³-hybridized carbons (Fsp3) is 0.440. The highest BCUT2D eigenvalue weighted by Crippen LogP contribution is 2.34. The third-order valence-corrected chi connectivity index (χ3v) is 6.28. The van der Waals surface area contributed by atoms with E-state index in [1.807, 2.05) is 19.9 Å². The first-order chi connectivity index (χ1) is 16.5. The molecule has 4 rings (SSSR count). The van der Waals surface area contributed by atoms with Gasteiger partial charge in [0, 0.05) is 44.4 Å². The highest BCUT2D eigenvalue weighted by atomic mass is 16.5. The van der Waals surface area contributed by atoms with Crippen LogP contribution in [0.2, 0.25) is 0 Å². The van der Waals surface area contributed by atoms with Gasteiger partial charge in [-0.05, 0) is 44.4 Å². The van der Waals surface area contributed by atoms with Gasteiger partial charge in [-0.2, -0.15) is 10.2 Å². The Morgan fingerprint density at radius 3 is 2.77 bits per heavy atom. The van der Waals surface area contributed by atoms with Gasteiger partial charge in [0.1, 0.15) is 11.4 Å². The Kier molecular flexibility index (Phi) is 6.77. The van der Waals surface area contributed by atoms with Gasteiger partial charge in [-0.1, -0.05) is 12.1 Å². The van der Waals surface area contributed by atoms with Crippen LogP contribution in [0.15, 0.2) is 53.7 Å². The Morgan fingerprint density at radius 1 is 1.29 bits per heavy atom. The maximum Gasteiger partial charge on any atom is 0.411 e. The molecule has 1 amide bonds. The van der Waals surface area contributed by atoms with Gasteiger partial charge in [0.15, 0.2) is 0 Å². The minimum atomic E-state index is -1.10. The number of amides is 1. The van der Waals surface area contributed by atoms with E-state index >= 15 is 0 Å². The van der Waals surface area contributed by atoms with Crippen molar-refractivity contribution in [2.75, 3.05) is 18.1 Å². The van der Waals surface area contributed by atoms with Crippen molar-refractivity contribution in [2.45, 2.75) is 50.7 Å². The molecule has 3 heterocycles. The smallest absolute Gasteiger partial charge is 0.411 e. The van der Waals surface area contributed by atoms with E-state index in [0.717, 1.165) is 11.3 Å². The van der Waals surface area contributed by atoms with Crippen molar-refractivity contribution in [2.24, 2.45) is 7.05 Å². The van der Waals surface area contributed by atoms with Crippen molar-refractivity contribution in [3.63, 3.8) is 0 Å². The van der Waals surface area contributed by atoms with Gasteiger partial charge in [0.05, 0.1) is 30.2 Å². The highest BCUT2D eigenvalue weighted by Gasteiger charge is 2.39. The number of hydrogen-bond donors (Lipinski definition) is 2. The lowest BCUT2D eigenvalue weighted by Gasteiger charge is -2.42. The first kappa shape index (κ1) is 24.6. The molecule has 2 N–H and O–H groups in total. The van der Waals surface area contributed by atoms with Crippen LogP contribution in [0, 0.1) is 0 Å². The molecule has 2 aromatic heterocycles. The van der Waals surface area contributed by atoms with Crippen molar-refractivity contribution in [1.29, 1.82) is 0 Å². The average molecular weight is 482 g/mol. The quantitative estimate of drug-likeness (QED) is 0.532. The number of ether oxygens (including phenoxy) is 1. The van der Waals surface area contributed by atoms with Gasteiger partial charge >= 0.3 is 6.09 Å². The van der Waals surface area contributed by atoms with Crippen molar-refractivity contribution >= 4 is 11.8 Å². The Hall–Kier alpha value is -3.50. The molecule has 35 heavy (non-hydrogen) atoms. The molecule has 0 saturated carbocycles. The number of rotatable bonds is 7. The predicted octanol–water partition coefficient (Wildman–Crippen LogP) is 2.75. The molecule has 186 valence electrons. The van der Waals surface area contributed by atoms with Crippen LogP contribution in [-0.4, -0.2) is 60.2 Å². The molecular formula is C25H31N5O5. The topological polar surface area (TPSA) is 123 Å². The minimum absolute atomic E-state index is 0.142. The number of aryl methyl sites for hydroxylation is 1. The van der Waals surface area contributed by atoms with E-state index in [1.165, 1.54) is 11.0 Å². The van der Waals surface area contributed by atoms with E-state index in [2.05, 4.69) is 10.2 Å². The molecular weight excluding hydrogens is 450 g/mol. The van der Waals surface area contributed by atoms with Crippen molar-refractivity contribution in [3.05, 3.63) is 70.4 Å². The van der Waals surface area contributed by atoms with Gasteiger partial charge in [0.25, 0.3) is 0 Å². The van der Waals surface area contributed by atoms with Gasteiger partial charge in [-0.25, -0.2) is 9.48 Å². The second-order valence-corrected chi connectivity index (χ2v) is 9.73. The molecule has 0 spiro atoms. The monoisotopic (exact) mass is 481 g/mol. The number of aromatic nitrogens is 4. The maximum absolute atomic E-state index is 12.5. The molecule has 10 nitrogen and oxygen atoms in total. The Labute approximate surface area is 203 Å². The molecule has 1 atom stereocenters. The number of carbonyl (C=O) groups is 1. The SMILES string of the molecule is Cn1cc(-n2ccc(=O)c(Cc3cccc(N(CCC4(O)CCOC(C)(C)C4)C(=O)O)c3)n2)cn1. The average Bonchev–Trinajstić information content (AvgIpc) is 3.21. The van der Waals surface area contributed by atoms with E-state index in [9.17, 15) is 19.8 Å². The Morgan fingerprint density at radius 2 is 2.09 bits per heavy atom. The van der Waals surface area contributed by atoms with Crippen LogP contribution in [0.3, 0.4) is 0 Å². The lowest BCUT2D eigenvalue weighted by atomic mass is 9.82. The number of anilines is 1. The zero-order valence-electron chi connectivity index (χ0n) is 20.2. The molecule has 1 unspecified atom stereocenters. The van der Waals surface area contributed by atoms with E-state index in [0.29, 0.717) is 37.3 Å². The molecule has 0 aliphatic carbocycles. The maximum atomic E-state index is 12.5. The van der Waals surface area contributed by atoms with E-state index in [-0.39, 0.29) is 18.4 Å². The summed E-state index contributed by atoms with van der Waals surface area (Å²) >= 11 is 0. The number of nitrogens with zero attached hydrogens (tertiary/aromatic N) is 5. The van der Waals surface area contributed by atoms with Crippen LogP contribution in [0.25, 0.3) is 5.69 Å². The summed E-state index contributed by atoms with van der Waals surface area (Å²) in [6.07, 6.45) is 5.38. The number of carboxylic acid groups (broad SMARTS) is 1. The number of aliphatic hydroxyl groups is 1. The second kappa shape index (κ2) is 9.63. The zero-order valence-corrected chi connectivity index (χ0v) is 20.2. The lowest BCUT2D eigenvalue weighted by molar-refractivity contribution is -0.145. The van der Waals surface area contributed by atoms with Crippen LogP contribution in [0.1, 0.15) is 44.4 Å². The molecule has 3 aromatic rings. The first-order valence-electron chi connectivity index (χ1n) is 11.6. The predicted molar refractivity (Wildman–Crippen MR) is 130 cm³/mol. The molecule has 1 aliphatic rings. The highest BCUT2D eigenvalue weighted by molar-refractivity contribution is 5.86. The molecule has 0 bridgehead atoms. The summed E-state index contributed by atoms with van der Waals surface area (Å²) < 4.78 is 8.93. The van der Waals surface area contributed by atoms with Gasteiger partial charge in [-0.15, -0.1) is 0 Å². The normalized spacial score (nSPS) is 19.4. The molecule has 1 aliphatic heterocycles. The van der Waals surface area contributed by atoms with Crippen LogP contribution >= 0.6 is 0 Å². The van der Waals surface area contributed by atoms with E-state index in [1.54, 1.807) is 53.2 Å². The largest absolute Gasteiger partial charge is 0.465 e. The standard InChI is InChI=1S/C25H31N5O5/c1-24(2)17-25(34,9-12-35-24)8-11-29(23(32)33)19-6-4-5-18(13-19)14-21-22(31)7-10-30(27-21)20-15-26-28(3)16-20/h4-7,10,13,15-16,34H,8-9,11-12,14,17H2,1-3H3,(H,32,33). The summed E-state index contributed by atoms with van der Waals surface area (Å²) in [5.41, 5.74) is 0.671. The molecule has 1 fully saturated rings. The van der Waals surface area contributed by atoms with Crippen molar-refractivity contribution in [3.8, 4) is 5.69 Å². The Bertz CT molecular complexity index is 1270. The van der Waals surface area contributed by atoms with Gasteiger partial charge in [0.2, 0.25) is 5.43 Å². The van der Waals surface area contributed by atoms with Crippen LogP contribution in [0.5, 0.6) is 0 Å².